The Morgan fingerprint density at radius 2 is 1.44 bits per heavy atom. The van der Waals surface area contributed by atoms with Crippen LogP contribution in [-0.2, 0) is 25.5 Å². The van der Waals surface area contributed by atoms with E-state index in [0.717, 1.165) is 31.1 Å². The Morgan fingerprint density at radius 1 is 0.880 bits per heavy atom. The van der Waals surface area contributed by atoms with E-state index in [0.29, 0.717) is 41.3 Å². The van der Waals surface area contributed by atoms with Gasteiger partial charge in [-0.15, -0.1) is 0 Å². The number of carboxylic acid groups (broad SMARTS) is 1. The van der Waals surface area contributed by atoms with Crippen molar-refractivity contribution >= 4 is 48.6 Å². The van der Waals surface area contributed by atoms with Gasteiger partial charge in [0.2, 0.25) is 15.9 Å². The van der Waals surface area contributed by atoms with E-state index in [2.05, 4.69) is 20.7 Å². The van der Waals surface area contributed by atoms with Gasteiger partial charge in [0, 0.05) is 28.2 Å². The average Bonchev–Trinajstić information content (AvgIpc) is 3.33. The molecule has 2 bridgehead atoms. The van der Waals surface area contributed by atoms with Crippen LogP contribution in [-0.4, -0.2) is 66.7 Å². The molecule has 50 heavy (non-hydrogen) atoms. The topological polar surface area (TPSA) is 139 Å². The van der Waals surface area contributed by atoms with Crippen molar-refractivity contribution in [3.63, 3.8) is 0 Å². The number of hydrogen-bond acceptors (Lipinski definition) is 6. The van der Waals surface area contributed by atoms with Crippen LogP contribution in [0.1, 0.15) is 63.4 Å². The summed E-state index contributed by atoms with van der Waals surface area (Å²) < 4.78 is 100. The molecule has 3 aliphatic rings. The molecule has 3 aromatic rings. The minimum absolute atomic E-state index is 0.116. The summed E-state index contributed by atoms with van der Waals surface area (Å²) in [7, 11) is -4.53. The van der Waals surface area contributed by atoms with Gasteiger partial charge in [-0.25, -0.2) is 13.2 Å². The average molecular weight is 791 g/mol. The molecule has 0 spiro atoms. The number of nitrogens with two attached hydrogens (primary N) is 1. The number of alkyl halides is 5. The molecule has 4 N–H and O–H groups in total. The zero-order valence-electron chi connectivity index (χ0n) is 26.7. The maximum absolute atomic E-state index is 16.2. The van der Waals surface area contributed by atoms with E-state index >= 15 is 8.78 Å². The maximum atomic E-state index is 16.2. The molecule has 16 heteroatoms. The Bertz CT molecular complexity index is 1790. The summed E-state index contributed by atoms with van der Waals surface area (Å²) in [6.07, 6.45) is 2.93. The van der Waals surface area contributed by atoms with E-state index in [1.165, 1.54) is 47.7 Å². The molecule has 3 aromatic carbocycles. The number of piperidine rings is 1. The molecule has 3 atom stereocenters. The van der Waals surface area contributed by atoms with Crippen molar-refractivity contribution in [3.05, 3.63) is 70.7 Å². The summed E-state index contributed by atoms with van der Waals surface area (Å²) >= 11 is 3.25. The number of hydrogen-bond donors (Lipinski definition) is 3. The lowest BCUT2D eigenvalue weighted by molar-refractivity contribution is -0.192. The van der Waals surface area contributed by atoms with Crippen LogP contribution in [0.25, 0.3) is 10.8 Å². The van der Waals surface area contributed by atoms with Gasteiger partial charge in [0.05, 0.1) is 11.0 Å². The van der Waals surface area contributed by atoms with E-state index in [1.807, 2.05) is 6.07 Å². The summed E-state index contributed by atoms with van der Waals surface area (Å²) in [6, 6.07) is 12.1. The lowest BCUT2D eigenvalue weighted by atomic mass is 9.95. The molecule has 0 radical (unpaired) electrons. The molecule has 2 aliphatic heterocycles. The van der Waals surface area contributed by atoms with Crippen LogP contribution >= 0.6 is 15.9 Å². The Kier molecular flexibility index (Phi) is 11.4. The second kappa shape index (κ2) is 15.1. The highest BCUT2D eigenvalue weighted by Gasteiger charge is 2.53. The van der Waals surface area contributed by atoms with Gasteiger partial charge in [-0.3, -0.25) is 4.79 Å². The fourth-order valence-corrected chi connectivity index (χ4v) is 8.38. The highest BCUT2D eigenvalue weighted by molar-refractivity contribution is 9.10. The van der Waals surface area contributed by atoms with Crippen LogP contribution in [0.2, 0.25) is 0 Å². The van der Waals surface area contributed by atoms with Crippen LogP contribution in [0.15, 0.2) is 70.0 Å². The number of benzene rings is 3. The lowest BCUT2D eigenvalue weighted by Crippen LogP contribution is -2.60. The number of rotatable bonds is 8. The van der Waals surface area contributed by atoms with Crippen molar-refractivity contribution in [2.75, 3.05) is 0 Å². The molecular formula is C34H37BrF5N3O6S. The molecule has 272 valence electrons. The number of carbonyl (C=O) groups excluding carboxylic acids is 1. The van der Waals surface area contributed by atoms with Crippen molar-refractivity contribution in [1.82, 2.24) is 9.62 Å². The first-order chi connectivity index (χ1) is 23.5. The van der Waals surface area contributed by atoms with Gasteiger partial charge in [0.1, 0.15) is 5.75 Å². The molecule has 2 heterocycles. The maximum Gasteiger partial charge on any atom is 0.490 e. The second-order valence-corrected chi connectivity index (χ2v) is 15.5. The van der Waals surface area contributed by atoms with Gasteiger partial charge in [-0.1, -0.05) is 46.6 Å². The number of nitrogens with zero attached hydrogens (tertiary/aromatic N) is 1. The summed E-state index contributed by atoms with van der Waals surface area (Å²) in [4.78, 5) is 24.1. The molecule has 1 amide bonds. The number of nitrogens with one attached hydrogen (secondary N) is 1. The smallest absolute Gasteiger partial charge is 0.490 e. The second-order valence-electron chi connectivity index (χ2n) is 12.9. The first-order valence-corrected chi connectivity index (χ1v) is 18.5. The monoisotopic (exact) mass is 789 g/mol. The lowest BCUT2D eigenvalue weighted by Gasteiger charge is -2.41. The Labute approximate surface area is 294 Å². The third-order valence-corrected chi connectivity index (χ3v) is 11.3. The minimum Gasteiger partial charge on any atom is -0.490 e. The summed E-state index contributed by atoms with van der Waals surface area (Å²) in [5.74, 6) is -6.80. The SMILES string of the molecule is NC1CC2CCC(C1)N2C(=O)C(NS(=O)(=O)c1ccc2cc(OC3CCCCC3)ccc2c1)C(F)(F)c1ccc(Br)cc1.O=C(O)C(F)(F)F. The molecule has 1 saturated carbocycles. The molecule has 3 unspecified atom stereocenters. The largest absolute Gasteiger partial charge is 0.490 e. The van der Waals surface area contributed by atoms with E-state index in [-0.39, 0.29) is 29.1 Å². The number of halogens is 6. The minimum atomic E-state index is -5.08. The van der Waals surface area contributed by atoms with Gasteiger partial charge in [0.25, 0.3) is 5.92 Å². The molecule has 0 aromatic heterocycles. The molecule has 9 nitrogen and oxygen atoms in total. The number of carboxylic acids is 1. The third-order valence-electron chi connectivity index (χ3n) is 9.33. The quantitative estimate of drug-likeness (QED) is 0.212. The Hall–Kier alpha value is -3.34. The van der Waals surface area contributed by atoms with Gasteiger partial charge in [-0.2, -0.15) is 26.7 Å². The summed E-state index contributed by atoms with van der Waals surface area (Å²) in [5.41, 5.74) is 5.70. The Balaban J connectivity index is 0.000000630. The zero-order chi connectivity index (χ0) is 36.4. The van der Waals surface area contributed by atoms with E-state index in [1.54, 1.807) is 18.2 Å². The van der Waals surface area contributed by atoms with Gasteiger partial charge >= 0.3 is 12.1 Å². The van der Waals surface area contributed by atoms with Gasteiger partial charge in [0.15, 0.2) is 6.04 Å². The number of amides is 1. The van der Waals surface area contributed by atoms with E-state index < -0.39 is 45.6 Å². The number of aliphatic carboxylic acids is 1. The fraction of sp³-hybridized carbons (Fsp3) is 0.471. The van der Waals surface area contributed by atoms with Crippen molar-refractivity contribution in [2.45, 2.75) is 105 Å². The predicted molar refractivity (Wildman–Crippen MR) is 178 cm³/mol. The highest BCUT2D eigenvalue weighted by Crippen LogP contribution is 2.40. The molecule has 2 saturated heterocycles. The van der Waals surface area contributed by atoms with Crippen molar-refractivity contribution in [3.8, 4) is 5.75 Å². The number of sulfonamides is 1. The van der Waals surface area contributed by atoms with Gasteiger partial charge in [-0.05, 0) is 98.5 Å². The molecular weight excluding hydrogens is 753 g/mol. The van der Waals surface area contributed by atoms with Crippen molar-refractivity contribution in [1.29, 1.82) is 0 Å². The van der Waals surface area contributed by atoms with Crippen molar-refractivity contribution < 1.29 is 49.8 Å². The fourth-order valence-electron chi connectivity index (χ4n) is 6.89. The number of carbonyl (C=O) groups is 2. The van der Waals surface area contributed by atoms with Crippen LogP contribution < -0.4 is 15.2 Å². The zero-order valence-corrected chi connectivity index (χ0v) is 29.1. The molecule has 3 fully saturated rings. The predicted octanol–water partition coefficient (Wildman–Crippen LogP) is 6.87. The van der Waals surface area contributed by atoms with Crippen LogP contribution in [0.3, 0.4) is 0 Å². The van der Waals surface area contributed by atoms with Crippen LogP contribution in [0.4, 0.5) is 22.0 Å². The standard InChI is InChI=1S/C32H36BrF2N3O4S.C2HF3O2/c33-23-10-8-22(9-11-23)32(34,35)30(31(39)38-25-12-13-26(38)19-24(36)18-25)37-43(40,41)29-15-7-20-16-28(14-6-21(20)17-29)42-27-4-2-1-3-5-27;3-2(4,5)1(6)7/h6-11,14-17,24-27,30,37H,1-5,12-13,18-19,36H2;(H,6,7). The summed E-state index contributed by atoms with van der Waals surface area (Å²) in [6.45, 7) is 0. The number of fused-ring (bicyclic) bond motifs is 3. The Morgan fingerprint density at radius 3 is 2.02 bits per heavy atom. The first kappa shape index (κ1) is 37.9. The molecule has 6 rings (SSSR count). The van der Waals surface area contributed by atoms with E-state index in [9.17, 15) is 26.4 Å². The van der Waals surface area contributed by atoms with Crippen molar-refractivity contribution in [2.24, 2.45) is 5.73 Å². The van der Waals surface area contributed by atoms with E-state index in [4.69, 9.17) is 20.4 Å². The van der Waals surface area contributed by atoms with Gasteiger partial charge < -0.3 is 20.5 Å². The number of ether oxygens (including phenoxy) is 1. The third kappa shape index (κ3) is 8.75. The highest BCUT2D eigenvalue weighted by atomic mass is 79.9. The summed E-state index contributed by atoms with van der Waals surface area (Å²) in [5, 5.41) is 8.51. The van der Waals surface area contributed by atoms with Crippen LogP contribution in [0, 0.1) is 0 Å². The first-order valence-electron chi connectivity index (χ1n) is 16.2. The van der Waals surface area contributed by atoms with Crippen LogP contribution in [0.5, 0.6) is 5.75 Å². The molecule has 1 aliphatic carbocycles. The normalized spacial score (nSPS) is 22.1.